The van der Waals surface area contributed by atoms with Gasteiger partial charge < -0.3 is 0 Å². The second-order valence-corrected chi connectivity index (χ2v) is 3.47. The number of hydrogen-bond donors (Lipinski definition) is 1. The molecule has 2 rings (SSSR count). The summed E-state index contributed by atoms with van der Waals surface area (Å²) in [5.41, 5.74) is 2.69. The third-order valence-electron chi connectivity index (χ3n) is 2.36. The molecular weight excluding hydrogens is 202 g/mol. The third kappa shape index (κ3) is 2.07. The number of carbonyl (C=O) groups excluding carboxylic acids is 1. The van der Waals surface area contributed by atoms with E-state index in [1.165, 1.54) is 0 Å². The van der Waals surface area contributed by atoms with E-state index in [0.717, 1.165) is 17.0 Å². The molecule has 0 saturated carbocycles. The van der Waals surface area contributed by atoms with Crippen molar-refractivity contribution in [2.24, 2.45) is 4.99 Å². The molecule has 4 heteroatoms. The topological polar surface area (TPSA) is 58.1 Å². The molecule has 1 unspecified atom stereocenters. The molecule has 1 heterocycles. The van der Waals surface area contributed by atoms with Crippen molar-refractivity contribution in [3.8, 4) is 11.3 Å². The summed E-state index contributed by atoms with van der Waals surface area (Å²) in [6.07, 6.45) is 1.54. The normalized spacial score (nSPS) is 11.8. The number of H-pyrrole nitrogens is 1. The molecule has 1 atom stereocenters. The molecule has 1 aromatic carbocycles. The number of nitrogens with zero attached hydrogens (tertiary/aromatic N) is 2. The zero-order valence-corrected chi connectivity index (χ0v) is 8.84. The molecule has 0 saturated heterocycles. The molecule has 0 amide bonds. The van der Waals surface area contributed by atoms with Crippen molar-refractivity contribution in [1.82, 2.24) is 10.2 Å². The van der Waals surface area contributed by atoms with Crippen LogP contribution < -0.4 is 0 Å². The van der Waals surface area contributed by atoms with E-state index in [0.29, 0.717) is 0 Å². The lowest BCUT2D eigenvalue weighted by Crippen LogP contribution is -1.88. The number of rotatable bonds is 3. The van der Waals surface area contributed by atoms with Gasteiger partial charge in [-0.2, -0.15) is 10.1 Å². The summed E-state index contributed by atoms with van der Waals surface area (Å²) in [5, 5.41) is 7.04. The van der Waals surface area contributed by atoms with Crippen LogP contribution in [-0.4, -0.2) is 16.3 Å². The highest BCUT2D eigenvalue weighted by Crippen LogP contribution is 2.21. The summed E-state index contributed by atoms with van der Waals surface area (Å²) in [5.74, 6) is 0. The van der Waals surface area contributed by atoms with Gasteiger partial charge in [-0.15, -0.1) is 0 Å². The molecule has 2 aromatic rings. The van der Waals surface area contributed by atoms with Crippen molar-refractivity contribution < 1.29 is 4.79 Å². The standard InChI is InChI=1S/C12H11N3O/c1-9(13-8-16)11-7-12(15-14-11)10-5-3-2-4-6-10/h2-7,9H,1H3,(H,14,15). The number of hydrogen-bond acceptors (Lipinski definition) is 3. The van der Waals surface area contributed by atoms with Crippen LogP contribution >= 0.6 is 0 Å². The molecule has 0 radical (unpaired) electrons. The first kappa shape index (κ1) is 10.3. The Morgan fingerprint density at radius 1 is 1.38 bits per heavy atom. The number of aromatic nitrogens is 2. The Bertz CT molecular complexity index is 512. The zero-order valence-electron chi connectivity index (χ0n) is 8.84. The minimum atomic E-state index is -0.234. The van der Waals surface area contributed by atoms with Gasteiger partial charge in [0.05, 0.1) is 11.4 Å². The largest absolute Gasteiger partial charge is 0.280 e. The molecule has 0 fully saturated rings. The van der Waals surface area contributed by atoms with Crippen LogP contribution in [0.25, 0.3) is 11.3 Å². The summed E-state index contributed by atoms with van der Waals surface area (Å²) in [7, 11) is 0. The van der Waals surface area contributed by atoms with Crippen LogP contribution in [0.5, 0.6) is 0 Å². The van der Waals surface area contributed by atoms with E-state index in [9.17, 15) is 4.79 Å². The molecular formula is C12H11N3O. The van der Waals surface area contributed by atoms with Gasteiger partial charge in [0, 0.05) is 5.56 Å². The Morgan fingerprint density at radius 2 is 2.12 bits per heavy atom. The smallest absolute Gasteiger partial charge is 0.235 e. The highest BCUT2D eigenvalue weighted by Gasteiger charge is 2.08. The van der Waals surface area contributed by atoms with Gasteiger partial charge in [0.15, 0.2) is 0 Å². The predicted molar refractivity (Wildman–Crippen MR) is 60.6 cm³/mol. The van der Waals surface area contributed by atoms with Gasteiger partial charge in [0.2, 0.25) is 6.08 Å². The number of nitrogens with one attached hydrogen (secondary N) is 1. The quantitative estimate of drug-likeness (QED) is 0.629. The van der Waals surface area contributed by atoms with Gasteiger partial charge in [-0.25, -0.2) is 4.79 Å². The summed E-state index contributed by atoms with van der Waals surface area (Å²) >= 11 is 0. The van der Waals surface area contributed by atoms with Crippen LogP contribution in [0.2, 0.25) is 0 Å². The van der Waals surface area contributed by atoms with E-state index >= 15 is 0 Å². The van der Waals surface area contributed by atoms with Crippen LogP contribution in [0, 0.1) is 0 Å². The van der Waals surface area contributed by atoms with Gasteiger partial charge in [-0.05, 0) is 13.0 Å². The maximum atomic E-state index is 10.1. The lowest BCUT2D eigenvalue weighted by molar-refractivity contribution is 0.559. The Labute approximate surface area is 93.0 Å². The summed E-state index contributed by atoms with van der Waals surface area (Å²) in [6.45, 7) is 1.81. The van der Waals surface area contributed by atoms with Gasteiger partial charge in [0.25, 0.3) is 0 Å². The molecule has 16 heavy (non-hydrogen) atoms. The lowest BCUT2D eigenvalue weighted by atomic mass is 10.1. The van der Waals surface area contributed by atoms with Crippen molar-refractivity contribution in [1.29, 1.82) is 0 Å². The Hall–Kier alpha value is -2.19. The summed E-state index contributed by atoms with van der Waals surface area (Å²) < 4.78 is 0. The summed E-state index contributed by atoms with van der Waals surface area (Å²) in [4.78, 5) is 13.8. The maximum absolute atomic E-state index is 10.1. The Kier molecular flexibility index (Phi) is 2.94. The first-order valence-electron chi connectivity index (χ1n) is 4.99. The molecule has 0 aliphatic rings. The van der Waals surface area contributed by atoms with Gasteiger partial charge in [-0.3, -0.25) is 5.10 Å². The minimum Gasteiger partial charge on any atom is -0.280 e. The average molecular weight is 213 g/mol. The van der Waals surface area contributed by atoms with Crippen molar-refractivity contribution in [3.63, 3.8) is 0 Å². The molecule has 0 bridgehead atoms. The van der Waals surface area contributed by atoms with Crippen molar-refractivity contribution in [2.75, 3.05) is 0 Å². The number of aromatic amines is 1. The fraction of sp³-hybridized carbons (Fsp3) is 0.167. The van der Waals surface area contributed by atoms with E-state index in [1.807, 2.05) is 43.3 Å². The Morgan fingerprint density at radius 3 is 2.81 bits per heavy atom. The van der Waals surface area contributed by atoms with E-state index in [-0.39, 0.29) is 6.04 Å². The average Bonchev–Trinajstić information content (AvgIpc) is 2.80. The van der Waals surface area contributed by atoms with Crippen molar-refractivity contribution >= 4 is 6.08 Å². The monoisotopic (exact) mass is 213 g/mol. The van der Waals surface area contributed by atoms with Gasteiger partial charge in [0.1, 0.15) is 6.04 Å². The van der Waals surface area contributed by atoms with Gasteiger partial charge in [-0.1, -0.05) is 30.3 Å². The van der Waals surface area contributed by atoms with Crippen LogP contribution in [0.1, 0.15) is 18.7 Å². The second kappa shape index (κ2) is 4.55. The second-order valence-electron chi connectivity index (χ2n) is 3.47. The van der Waals surface area contributed by atoms with E-state index in [2.05, 4.69) is 15.2 Å². The fourth-order valence-electron chi connectivity index (χ4n) is 1.46. The SMILES string of the molecule is CC(N=C=O)c1cc(-c2ccccc2)n[nH]1. The van der Waals surface area contributed by atoms with E-state index < -0.39 is 0 Å². The molecule has 1 aromatic heterocycles. The number of benzene rings is 1. The van der Waals surface area contributed by atoms with E-state index in [1.54, 1.807) is 6.08 Å². The number of aliphatic imine (C=N–C) groups is 1. The third-order valence-corrected chi connectivity index (χ3v) is 2.36. The molecule has 0 aliphatic carbocycles. The highest BCUT2D eigenvalue weighted by molar-refractivity contribution is 5.59. The Balaban J connectivity index is 2.30. The van der Waals surface area contributed by atoms with Crippen LogP contribution in [0.4, 0.5) is 0 Å². The van der Waals surface area contributed by atoms with Crippen molar-refractivity contribution in [2.45, 2.75) is 13.0 Å². The lowest BCUT2D eigenvalue weighted by Gasteiger charge is -1.97. The maximum Gasteiger partial charge on any atom is 0.235 e. The van der Waals surface area contributed by atoms with E-state index in [4.69, 9.17) is 0 Å². The zero-order chi connectivity index (χ0) is 11.4. The fourth-order valence-corrected chi connectivity index (χ4v) is 1.46. The van der Waals surface area contributed by atoms with Crippen LogP contribution in [-0.2, 0) is 4.79 Å². The van der Waals surface area contributed by atoms with Crippen LogP contribution in [0.15, 0.2) is 41.4 Å². The first-order valence-corrected chi connectivity index (χ1v) is 4.99. The minimum absolute atomic E-state index is 0.234. The predicted octanol–water partition coefficient (Wildman–Crippen LogP) is 2.47. The molecule has 0 spiro atoms. The highest BCUT2D eigenvalue weighted by atomic mass is 16.1. The summed E-state index contributed by atoms with van der Waals surface area (Å²) in [6, 6.07) is 11.5. The number of isocyanates is 1. The molecule has 80 valence electrons. The molecule has 1 N–H and O–H groups in total. The molecule has 0 aliphatic heterocycles. The van der Waals surface area contributed by atoms with Crippen molar-refractivity contribution in [3.05, 3.63) is 42.1 Å². The van der Waals surface area contributed by atoms with Crippen LogP contribution in [0.3, 0.4) is 0 Å². The first-order chi connectivity index (χ1) is 7.81. The van der Waals surface area contributed by atoms with Gasteiger partial charge >= 0.3 is 0 Å². The molecule has 4 nitrogen and oxygen atoms in total.